The number of H-pyrrole nitrogens is 1. The van der Waals surface area contributed by atoms with Gasteiger partial charge in [0.1, 0.15) is 0 Å². The molecule has 0 radical (unpaired) electrons. The number of aromatic amines is 1. The van der Waals surface area contributed by atoms with Crippen LogP contribution in [0.3, 0.4) is 0 Å². The van der Waals surface area contributed by atoms with Crippen molar-refractivity contribution in [3.8, 4) is 0 Å². The number of benzene rings is 3. The van der Waals surface area contributed by atoms with Crippen LogP contribution < -0.4 is 15.5 Å². The van der Waals surface area contributed by atoms with E-state index in [9.17, 15) is 22.8 Å². The summed E-state index contributed by atoms with van der Waals surface area (Å²) >= 11 is 6.15. The average Bonchev–Trinajstić information content (AvgIpc) is 3.50. The summed E-state index contributed by atoms with van der Waals surface area (Å²) in [6.45, 7) is 0.0674. The van der Waals surface area contributed by atoms with Gasteiger partial charge in [-0.1, -0.05) is 60.2 Å². The minimum absolute atomic E-state index is 0.0249. The number of amides is 3. The van der Waals surface area contributed by atoms with Crippen molar-refractivity contribution >= 4 is 40.9 Å². The van der Waals surface area contributed by atoms with E-state index in [4.69, 9.17) is 11.6 Å². The van der Waals surface area contributed by atoms with Crippen LogP contribution in [0.25, 0.3) is 0 Å². The second kappa shape index (κ2) is 12.6. The molecule has 1 heterocycles. The van der Waals surface area contributed by atoms with Crippen molar-refractivity contribution < 1.29 is 22.8 Å². The van der Waals surface area contributed by atoms with Gasteiger partial charge in [-0.15, -0.1) is 5.10 Å². The summed E-state index contributed by atoms with van der Waals surface area (Å²) in [4.78, 5) is 27.4. The van der Waals surface area contributed by atoms with Crippen LogP contribution in [0.4, 0.5) is 35.3 Å². The molecule has 4 aromatic rings. The number of urea groups is 1. The first kappa shape index (κ1) is 29.1. The molecular weight excluding hydrogens is 571 g/mol. The highest BCUT2D eigenvalue weighted by molar-refractivity contribution is 6.33. The van der Waals surface area contributed by atoms with E-state index in [2.05, 4.69) is 31.3 Å². The fourth-order valence-corrected chi connectivity index (χ4v) is 5.12. The maximum atomic E-state index is 13.6. The van der Waals surface area contributed by atoms with Gasteiger partial charge in [-0.3, -0.25) is 15.0 Å². The molecule has 13 heteroatoms. The van der Waals surface area contributed by atoms with Gasteiger partial charge in [-0.25, -0.2) is 4.79 Å². The highest BCUT2D eigenvalue weighted by atomic mass is 35.5. The predicted octanol–water partition coefficient (Wildman–Crippen LogP) is 7.41. The Bertz CT molecular complexity index is 1520. The minimum atomic E-state index is -4.60. The molecular formula is C29H27ClF3N7O2. The Morgan fingerprint density at radius 3 is 2.31 bits per heavy atom. The van der Waals surface area contributed by atoms with Gasteiger partial charge in [-0.05, 0) is 77.6 Å². The maximum Gasteiger partial charge on any atom is 0.416 e. The van der Waals surface area contributed by atoms with E-state index in [0.717, 1.165) is 31.0 Å². The molecule has 1 saturated carbocycles. The molecule has 1 fully saturated rings. The minimum Gasteiger partial charge on any atom is -0.306 e. The lowest BCUT2D eigenvalue weighted by atomic mass is 9.84. The van der Waals surface area contributed by atoms with E-state index in [1.54, 1.807) is 24.3 Å². The summed E-state index contributed by atoms with van der Waals surface area (Å²) in [6.07, 6.45) is 1.23. The van der Waals surface area contributed by atoms with Crippen LogP contribution in [0.2, 0.25) is 5.02 Å². The number of alkyl halides is 3. The second-order valence-electron chi connectivity index (χ2n) is 10.0. The highest BCUT2D eigenvalue weighted by Crippen LogP contribution is 2.35. The molecule has 9 nitrogen and oxygen atoms in total. The van der Waals surface area contributed by atoms with Crippen LogP contribution in [-0.4, -0.2) is 32.6 Å². The monoisotopic (exact) mass is 597 g/mol. The SMILES string of the molecule is O=C(Nc1nn[nH]n1)c1ccc(CN(C(=O)Nc2cc(C(F)(F)F)ccc2Cl)c2ccc(C3CCCCC3)cc2)cc1. The van der Waals surface area contributed by atoms with Gasteiger partial charge in [0, 0.05) is 11.3 Å². The predicted molar refractivity (Wildman–Crippen MR) is 152 cm³/mol. The number of carbonyl (C=O) groups is 2. The summed E-state index contributed by atoms with van der Waals surface area (Å²) in [5.74, 6) is 0.0389. The average molecular weight is 598 g/mol. The number of hydrogen-bond acceptors (Lipinski definition) is 5. The van der Waals surface area contributed by atoms with Crippen LogP contribution in [0.15, 0.2) is 66.7 Å². The molecule has 3 aromatic carbocycles. The molecule has 0 unspecified atom stereocenters. The molecule has 0 atom stereocenters. The molecule has 0 bridgehead atoms. The Hall–Kier alpha value is -4.45. The van der Waals surface area contributed by atoms with E-state index in [1.165, 1.54) is 29.7 Å². The Morgan fingerprint density at radius 2 is 1.67 bits per heavy atom. The van der Waals surface area contributed by atoms with Crippen molar-refractivity contribution in [2.75, 3.05) is 15.5 Å². The number of hydrogen-bond donors (Lipinski definition) is 3. The number of nitrogens with one attached hydrogen (secondary N) is 3. The lowest BCUT2D eigenvalue weighted by Crippen LogP contribution is -2.34. The quantitative estimate of drug-likeness (QED) is 0.205. The summed E-state index contributed by atoms with van der Waals surface area (Å²) in [7, 11) is 0. The molecule has 1 aromatic heterocycles. The van der Waals surface area contributed by atoms with E-state index < -0.39 is 23.7 Å². The van der Waals surface area contributed by atoms with Gasteiger partial charge in [0.25, 0.3) is 11.9 Å². The van der Waals surface area contributed by atoms with Crippen LogP contribution in [0.1, 0.15) is 65.1 Å². The molecule has 5 rings (SSSR count). The summed E-state index contributed by atoms with van der Waals surface area (Å²) in [5.41, 5.74) is 1.65. The Morgan fingerprint density at radius 1 is 0.952 bits per heavy atom. The third kappa shape index (κ3) is 7.06. The molecule has 218 valence electrons. The van der Waals surface area contributed by atoms with Gasteiger partial charge in [0.2, 0.25) is 0 Å². The fourth-order valence-electron chi connectivity index (χ4n) is 4.96. The topological polar surface area (TPSA) is 116 Å². The Kier molecular flexibility index (Phi) is 8.72. The van der Waals surface area contributed by atoms with Crippen molar-refractivity contribution in [1.82, 2.24) is 20.6 Å². The first-order chi connectivity index (χ1) is 20.2. The molecule has 3 amide bonds. The van der Waals surface area contributed by atoms with Crippen molar-refractivity contribution in [3.63, 3.8) is 0 Å². The molecule has 0 saturated heterocycles. The molecule has 1 aliphatic carbocycles. The van der Waals surface area contributed by atoms with Gasteiger partial charge < -0.3 is 5.32 Å². The van der Waals surface area contributed by atoms with Crippen LogP contribution in [0.5, 0.6) is 0 Å². The van der Waals surface area contributed by atoms with Crippen LogP contribution in [-0.2, 0) is 12.7 Å². The van der Waals surface area contributed by atoms with Crippen LogP contribution >= 0.6 is 11.6 Å². The lowest BCUT2D eigenvalue weighted by molar-refractivity contribution is -0.137. The zero-order valence-electron chi connectivity index (χ0n) is 22.3. The van der Waals surface area contributed by atoms with Gasteiger partial charge in [0.15, 0.2) is 0 Å². The molecule has 42 heavy (non-hydrogen) atoms. The standard InChI is InChI=1S/C29H27ClF3N7O2/c30-24-15-12-22(29(31,32)33)16-25(24)34-28(42)40(23-13-10-20(11-14-23)19-4-2-1-3-5-19)17-18-6-8-21(9-7-18)26(41)35-27-36-38-39-37-27/h6-16,19H,1-5,17H2,(H,34,42)(H2,35,36,37,38,39,41). The second-order valence-corrected chi connectivity index (χ2v) is 10.4. The maximum absolute atomic E-state index is 13.6. The molecule has 1 aliphatic rings. The Labute approximate surface area is 244 Å². The van der Waals surface area contributed by atoms with Crippen LogP contribution in [0, 0.1) is 0 Å². The summed E-state index contributed by atoms with van der Waals surface area (Å²) < 4.78 is 40.0. The normalized spacial score (nSPS) is 13.9. The first-order valence-corrected chi connectivity index (χ1v) is 13.7. The first-order valence-electron chi connectivity index (χ1n) is 13.4. The van der Waals surface area contributed by atoms with E-state index >= 15 is 0 Å². The van der Waals surface area contributed by atoms with E-state index in [1.807, 2.05) is 24.3 Å². The van der Waals surface area contributed by atoms with Crippen molar-refractivity contribution in [3.05, 3.63) is 94.0 Å². The number of halogens is 4. The molecule has 3 N–H and O–H groups in total. The number of tetrazole rings is 1. The molecule has 0 spiro atoms. The number of carbonyl (C=O) groups excluding carboxylic acids is 2. The third-order valence-corrected chi connectivity index (χ3v) is 7.52. The van der Waals surface area contributed by atoms with Crippen molar-refractivity contribution in [2.45, 2.75) is 50.7 Å². The molecule has 0 aliphatic heterocycles. The Balaban J connectivity index is 1.39. The van der Waals surface area contributed by atoms with E-state index in [0.29, 0.717) is 22.7 Å². The summed E-state index contributed by atoms with van der Waals surface area (Å²) in [6, 6.07) is 16.3. The number of anilines is 3. The lowest BCUT2D eigenvalue weighted by Gasteiger charge is -2.26. The van der Waals surface area contributed by atoms with Crippen molar-refractivity contribution in [1.29, 1.82) is 0 Å². The fraction of sp³-hybridized carbons (Fsp3) is 0.276. The van der Waals surface area contributed by atoms with Gasteiger partial charge >= 0.3 is 12.2 Å². The summed E-state index contributed by atoms with van der Waals surface area (Å²) in [5, 5.41) is 18.0. The van der Waals surface area contributed by atoms with E-state index in [-0.39, 0.29) is 23.2 Å². The van der Waals surface area contributed by atoms with Gasteiger partial charge in [-0.2, -0.15) is 18.4 Å². The number of rotatable bonds is 7. The zero-order valence-corrected chi connectivity index (χ0v) is 23.0. The third-order valence-electron chi connectivity index (χ3n) is 7.19. The van der Waals surface area contributed by atoms with Gasteiger partial charge in [0.05, 0.1) is 22.8 Å². The zero-order chi connectivity index (χ0) is 29.7. The highest BCUT2D eigenvalue weighted by Gasteiger charge is 2.31. The smallest absolute Gasteiger partial charge is 0.306 e. The largest absolute Gasteiger partial charge is 0.416 e. The number of nitrogens with zero attached hydrogens (tertiary/aromatic N) is 4. The number of aromatic nitrogens is 4. The van der Waals surface area contributed by atoms with Crippen molar-refractivity contribution in [2.24, 2.45) is 0 Å².